The largest absolute Gasteiger partial charge is 0.350 e. The number of rotatable bonds is 14. The van der Waals surface area contributed by atoms with Gasteiger partial charge in [0.15, 0.2) is 0 Å². The first kappa shape index (κ1) is 22.5. The van der Waals surface area contributed by atoms with E-state index in [0.717, 1.165) is 51.4 Å². The molecule has 0 saturated heterocycles. The second kappa shape index (κ2) is 11.9. The molecule has 0 unspecified atom stereocenters. The lowest BCUT2D eigenvalue weighted by Crippen LogP contribution is -2.51. The summed E-state index contributed by atoms with van der Waals surface area (Å²) < 4.78 is 0. The third-order valence-corrected chi connectivity index (χ3v) is 5.29. The number of unbranched alkanes of at least 4 members (excludes halogenated alkanes) is 4. The van der Waals surface area contributed by atoms with E-state index in [9.17, 15) is 4.79 Å². The van der Waals surface area contributed by atoms with Gasteiger partial charge < -0.3 is 5.32 Å². The van der Waals surface area contributed by atoms with Crippen LogP contribution in [0.25, 0.3) is 0 Å². The van der Waals surface area contributed by atoms with Crippen LogP contribution in [0.4, 0.5) is 0 Å². The predicted octanol–water partition coefficient (Wildman–Crippen LogP) is 6.63. The lowest BCUT2D eigenvalue weighted by Gasteiger charge is -2.37. The third kappa shape index (κ3) is 8.77. The van der Waals surface area contributed by atoms with Crippen molar-refractivity contribution in [1.29, 1.82) is 0 Å². The summed E-state index contributed by atoms with van der Waals surface area (Å²) in [5, 5.41) is 3.48. The molecule has 0 heterocycles. The van der Waals surface area contributed by atoms with Crippen LogP contribution in [-0.2, 0) is 4.79 Å². The molecule has 1 N–H and O–H groups in total. The summed E-state index contributed by atoms with van der Waals surface area (Å²) in [5.41, 5.74) is -0.214. The Morgan fingerprint density at radius 1 is 0.696 bits per heavy atom. The van der Waals surface area contributed by atoms with Crippen molar-refractivity contribution in [1.82, 2.24) is 5.32 Å². The van der Waals surface area contributed by atoms with Gasteiger partial charge >= 0.3 is 0 Å². The summed E-state index contributed by atoms with van der Waals surface area (Å²) in [7, 11) is 0. The first-order valence-electron chi connectivity index (χ1n) is 10.2. The molecule has 138 valence electrons. The Balaban J connectivity index is 4.97. The van der Waals surface area contributed by atoms with Gasteiger partial charge in [-0.25, -0.2) is 0 Å². The minimum absolute atomic E-state index is 0.0250. The molecule has 0 fully saturated rings. The molecule has 0 rings (SSSR count). The van der Waals surface area contributed by atoms with Crippen LogP contribution < -0.4 is 5.32 Å². The highest BCUT2D eigenvalue weighted by Crippen LogP contribution is 2.33. The molecule has 0 aliphatic heterocycles. The SMILES string of the molecule is CCCCC(C)(CCCC)NC(=O)C(C)(CCCC)CCCC. The summed E-state index contributed by atoms with van der Waals surface area (Å²) in [6.45, 7) is 13.3. The Labute approximate surface area is 146 Å². The maximum atomic E-state index is 13.1. The number of nitrogens with one attached hydrogen (secondary N) is 1. The molecular formula is C21H43NO. The van der Waals surface area contributed by atoms with Crippen molar-refractivity contribution in [2.45, 2.75) is 124 Å². The molecule has 0 aromatic heterocycles. The lowest BCUT2D eigenvalue weighted by atomic mass is 9.78. The normalized spacial score (nSPS) is 12.4. The van der Waals surface area contributed by atoms with Crippen LogP contribution in [0, 0.1) is 5.41 Å². The van der Waals surface area contributed by atoms with E-state index in [1.807, 2.05) is 0 Å². The van der Waals surface area contributed by atoms with Crippen molar-refractivity contribution < 1.29 is 4.79 Å². The van der Waals surface area contributed by atoms with E-state index in [0.29, 0.717) is 5.91 Å². The molecule has 2 heteroatoms. The molecule has 0 aromatic rings. The Kier molecular flexibility index (Phi) is 11.6. The van der Waals surface area contributed by atoms with Gasteiger partial charge in [0.2, 0.25) is 5.91 Å². The average molecular weight is 326 g/mol. The van der Waals surface area contributed by atoms with Gasteiger partial charge in [0.1, 0.15) is 0 Å². The molecule has 0 aliphatic carbocycles. The molecule has 2 nitrogen and oxygen atoms in total. The van der Waals surface area contributed by atoms with E-state index in [1.54, 1.807) is 0 Å². The Hall–Kier alpha value is -0.530. The van der Waals surface area contributed by atoms with Gasteiger partial charge in [-0.3, -0.25) is 4.79 Å². The van der Waals surface area contributed by atoms with E-state index in [1.165, 1.54) is 25.7 Å². The van der Waals surface area contributed by atoms with E-state index in [-0.39, 0.29) is 11.0 Å². The van der Waals surface area contributed by atoms with Crippen LogP contribution in [0.3, 0.4) is 0 Å². The zero-order valence-electron chi connectivity index (χ0n) is 16.9. The highest BCUT2D eigenvalue weighted by Gasteiger charge is 2.36. The van der Waals surface area contributed by atoms with E-state index in [4.69, 9.17) is 0 Å². The van der Waals surface area contributed by atoms with E-state index < -0.39 is 0 Å². The summed E-state index contributed by atoms with van der Waals surface area (Å²) in [4.78, 5) is 13.1. The van der Waals surface area contributed by atoms with Crippen molar-refractivity contribution in [2.24, 2.45) is 5.41 Å². The molecule has 0 aliphatic rings. The molecule has 0 saturated carbocycles. The monoisotopic (exact) mass is 325 g/mol. The standard InChI is InChI=1S/C21H43NO/c1-7-11-15-20(5,16-12-8-2)19(23)22-21(6,17-13-9-3)18-14-10-4/h7-18H2,1-6H3,(H,22,23). The molecule has 0 atom stereocenters. The molecule has 1 amide bonds. The minimum Gasteiger partial charge on any atom is -0.350 e. The van der Waals surface area contributed by atoms with Gasteiger partial charge in [-0.2, -0.15) is 0 Å². The van der Waals surface area contributed by atoms with Gasteiger partial charge in [-0.15, -0.1) is 0 Å². The fourth-order valence-electron chi connectivity index (χ4n) is 3.29. The van der Waals surface area contributed by atoms with Crippen molar-refractivity contribution >= 4 is 5.91 Å². The number of hydrogen-bond acceptors (Lipinski definition) is 1. The maximum Gasteiger partial charge on any atom is 0.226 e. The molecule has 0 radical (unpaired) electrons. The number of carbonyl (C=O) groups excluding carboxylic acids is 1. The Bertz CT molecular complexity index is 295. The second-order valence-corrected chi connectivity index (χ2v) is 7.99. The third-order valence-electron chi connectivity index (χ3n) is 5.29. The molecular weight excluding hydrogens is 282 g/mol. The number of amides is 1. The zero-order valence-corrected chi connectivity index (χ0v) is 16.9. The van der Waals surface area contributed by atoms with Gasteiger partial charge in [0.05, 0.1) is 0 Å². The zero-order chi connectivity index (χ0) is 17.8. The average Bonchev–Trinajstić information content (AvgIpc) is 2.54. The van der Waals surface area contributed by atoms with E-state index in [2.05, 4.69) is 46.9 Å². The molecule has 23 heavy (non-hydrogen) atoms. The van der Waals surface area contributed by atoms with Crippen LogP contribution in [0.1, 0.15) is 119 Å². The second-order valence-electron chi connectivity index (χ2n) is 7.99. The number of hydrogen-bond donors (Lipinski definition) is 1. The number of carbonyl (C=O) groups is 1. The van der Waals surface area contributed by atoms with Gasteiger partial charge in [0.25, 0.3) is 0 Å². The quantitative estimate of drug-likeness (QED) is 0.381. The van der Waals surface area contributed by atoms with Crippen LogP contribution in [0.15, 0.2) is 0 Å². The fraction of sp³-hybridized carbons (Fsp3) is 0.952. The fourth-order valence-corrected chi connectivity index (χ4v) is 3.29. The Morgan fingerprint density at radius 3 is 1.39 bits per heavy atom. The highest BCUT2D eigenvalue weighted by atomic mass is 16.2. The first-order valence-corrected chi connectivity index (χ1v) is 10.2. The smallest absolute Gasteiger partial charge is 0.226 e. The van der Waals surface area contributed by atoms with Crippen molar-refractivity contribution in [3.05, 3.63) is 0 Å². The van der Waals surface area contributed by atoms with Crippen LogP contribution >= 0.6 is 0 Å². The van der Waals surface area contributed by atoms with Crippen LogP contribution in [-0.4, -0.2) is 11.4 Å². The molecule has 0 spiro atoms. The maximum absolute atomic E-state index is 13.1. The van der Waals surface area contributed by atoms with Crippen molar-refractivity contribution in [3.8, 4) is 0 Å². The lowest BCUT2D eigenvalue weighted by molar-refractivity contribution is -0.133. The molecule has 0 bridgehead atoms. The van der Waals surface area contributed by atoms with Crippen molar-refractivity contribution in [3.63, 3.8) is 0 Å². The summed E-state index contributed by atoms with van der Waals surface area (Å²) >= 11 is 0. The van der Waals surface area contributed by atoms with Crippen LogP contribution in [0.2, 0.25) is 0 Å². The Morgan fingerprint density at radius 2 is 1.04 bits per heavy atom. The topological polar surface area (TPSA) is 29.1 Å². The minimum atomic E-state index is -0.189. The first-order chi connectivity index (χ1) is 10.9. The summed E-state index contributed by atoms with van der Waals surface area (Å²) in [5.74, 6) is 0.300. The molecule has 0 aromatic carbocycles. The van der Waals surface area contributed by atoms with Crippen LogP contribution in [0.5, 0.6) is 0 Å². The van der Waals surface area contributed by atoms with Gasteiger partial charge in [-0.05, 0) is 32.6 Å². The summed E-state index contributed by atoms with van der Waals surface area (Å²) in [6.07, 6.45) is 13.7. The summed E-state index contributed by atoms with van der Waals surface area (Å²) in [6, 6.07) is 0. The van der Waals surface area contributed by atoms with Crippen molar-refractivity contribution in [2.75, 3.05) is 0 Å². The highest BCUT2D eigenvalue weighted by molar-refractivity contribution is 5.82. The van der Waals surface area contributed by atoms with Gasteiger partial charge in [0, 0.05) is 11.0 Å². The predicted molar refractivity (Wildman–Crippen MR) is 103 cm³/mol. The van der Waals surface area contributed by atoms with Gasteiger partial charge in [-0.1, -0.05) is 86.0 Å². The van der Waals surface area contributed by atoms with E-state index >= 15 is 0 Å².